The third-order valence-corrected chi connectivity index (χ3v) is 5.67. The number of anilines is 1. The highest BCUT2D eigenvalue weighted by molar-refractivity contribution is 5.95. The largest absolute Gasteiger partial charge is 0.366 e. The average molecular weight is 360 g/mol. The zero-order chi connectivity index (χ0) is 18.7. The number of hydrogen-bond donors (Lipinski definition) is 0. The van der Waals surface area contributed by atoms with E-state index in [1.165, 1.54) is 12.5 Å². The number of amides is 1. The summed E-state index contributed by atoms with van der Waals surface area (Å²) in [5, 5.41) is 11.6. The Morgan fingerprint density at radius 3 is 2.42 bits per heavy atom. The first-order valence-electron chi connectivity index (χ1n) is 9.46. The number of nitro benzene ring substituents is 1. The molecule has 0 bridgehead atoms. The van der Waals surface area contributed by atoms with Gasteiger partial charge in [-0.2, -0.15) is 0 Å². The second-order valence-corrected chi connectivity index (χ2v) is 7.46. The van der Waals surface area contributed by atoms with Gasteiger partial charge < -0.3 is 14.7 Å². The lowest BCUT2D eigenvalue weighted by atomic mass is 10.0. The molecule has 3 rings (SSSR count). The van der Waals surface area contributed by atoms with E-state index in [0.717, 1.165) is 51.9 Å². The number of likely N-dealkylation sites (tertiary alicyclic amines) is 1. The molecular weight excluding hydrogens is 332 g/mol. The first-order valence-corrected chi connectivity index (χ1v) is 9.46. The van der Waals surface area contributed by atoms with Crippen molar-refractivity contribution in [3.63, 3.8) is 0 Å². The molecule has 1 amide bonds. The van der Waals surface area contributed by atoms with E-state index in [1.54, 1.807) is 17.0 Å². The van der Waals surface area contributed by atoms with Crippen molar-refractivity contribution in [1.29, 1.82) is 0 Å². The summed E-state index contributed by atoms with van der Waals surface area (Å²) in [4.78, 5) is 30.2. The molecule has 0 saturated carbocycles. The number of rotatable bonds is 4. The third-order valence-electron chi connectivity index (χ3n) is 5.67. The average Bonchev–Trinajstić information content (AvgIpc) is 2.67. The highest BCUT2D eigenvalue weighted by Crippen LogP contribution is 2.32. The summed E-state index contributed by atoms with van der Waals surface area (Å²) < 4.78 is 0. The number of nitro groups is 1. The van der Waals surface area contributed by atoms with Gasteiger partial charge in [-0.1, -0.05) is 0 Å². The second kappa shape index (κ2) is 8.03. The second-order valence-electron chi connectivity index (χ2n) is 7.46. The summed E-state index contributed by atoms with van der Waals surface area (Å²) in [6, 6.07) is 5.14. The minimum absolute atomic E-state index is 0.0366. The number of carbonyl (C=O) groups excluding carboxylic acids is 1. The van der Waals surface area contributed by atoms with Crippen LogP contribution in [0.3, 0.4) is 0 Å². The topological polar surface area (TPSA) is 69.9 Å². The van der Waals surface area contributed by atoms with E-state index in [2.05, 4.69) is 16.8 Å². The monoisotopic (exact) mass is 360 g/mol. The lowest BCUT2D eigenvalue weighted by Crippen LogP contribution is -2.44. The van der Waals surface area contributed by atoms with Crippen LogP contribution in [0.1, 0.15) is 42.5 Å². The molecule has 0 N–H and O–H groups in total. The highest BCUT2D eigenvalue weighted by Gasteiger charge is 2.27. The summed E-state index contributed by atoms with van der Waals surface area (Å²) in [5.41, 5.74) is 1.07. The fourth-order valence-electron chi connectivity index (χ4n) is 3.96. The van der Waals surface area contributed by atoms with Crippen LogP contribution in [0.2, 0.25) is 0 Å². The fraction of sp³-hybridized carbons (Fsp3) is 0.632. The van der Waals surface area contributed by atoms with Gasteiger partial charge in [0.1, 0.15) is 5.69 Å². The SMILES string of the molecule is CN1CCC(N(C)C(=O)c2ccc(N3CCCCC3)c([N+](=O)[O-])c2)CC1. The van der Waals surface area contributed by atoms with Gasteiger partial charge >= 0.3 is 0 Å². The summed E-state index contributed by atoms with van der Waals surface area (Å²) >= 11 is 0. The van der Waals surface area contributed by atoms with Gasteiger partial charge in [-0.3, -0.25) is 14.9 Å². The maximum atomic E-state index is 12.9. The summed E-state index contributed by atoms with van der Waals surface area (Å²) in [6.07, 6.45) is 5.15. The lowest BCUT2D eigenvalue weighted by Gasteiger charge is -2.35. The first kappa shape index (κ1) is 18.6. The van der Waals surface area contributed by atoms with Crippen molar-refractivity contribution in [2.45, 2.75) is 38.1 Å². The van der Waals surface area contributed by atoms with Crippen LogP contribution in [0.15, 0.2) is 18.2 Å². The Kier molecular flexibility index (Phi) is 5.76. The van der Waals surface area contributed by atoms with Crippen molar-refractivity contribution < 1.29 is 9.72 Å². The molecule has 2 saturated heterocycles. The maximum absolute atomic E-state index is 12.9. The van der Waals surface area contributed by atoms with E-state index >= 15 is 0 Å². The molecule has 26 heavy (non-hydrogen) atoms. The molecule has 7 nitrogen and oxygen atoms in total. The van der Waals surface area contributed by atoms with E-state index < -0.39 is 0 Å². The molecule has 2 fully saturated rings. The molecule has 0 atom stereocenters. The van der Waals surface area contributed by atoms with Crippen molar-refractivity contribution in [3.05, 3.63) is 33.9 Å². The third kappa shape index (κ3) is 3.98. The van der Waals surface area contributed by atoms with Crippen LogP contribution in [-0.2, 0) is 0 Å². The minimum atomic E-state index is -0.365. The molecule has 2 heterocycles. The van der Waals surface area contributed by atoms with Crippen LogP contribution in [0.4, 0.5) is 11.4 Å². The molecule has 0 aliphatic carbocycles. The Balaban J connectivity index is 1.80. The number of hydrogen-bond acceptors (Lipinski definition) is 5. The van der Waals surface area contributed by atoms with Crippen LogP contribution < -0.4 is 4.90 Å². The highest BCUT2D eigenvalue weighted by atomic mass is 16.6. The normalized spacial score (nSPS) is 19.4. The molecule has 0 radical (unpaired) electrons. The predicted octanol–water partition coefficient (Wildman–Crippen LogP) is 2.75. The molecule has 142 valence electrons. The number of carbonyl (C=O) groups is 1. The quantitative estimate of drug-likeness (QED) is 0.610. The molecule has 2 aliphatic rings. The van der Waals surface area contributed by atoms with Gasteiger partial charge in [0.05, 0.1) is 4.92 Å². The predicted molar refractivity (Wildman–Crippen MR) is 102 cm³/mol. The molecule has 1 aromatic carbocycles. The molecule has 0 unspecified atom stereocenters. The van der Waals surface area contributed by atoms with Gasteiger partial charge in [-0.25, -0.2) is 0 Å². The van der Waals surface area contributed by atoms with Gasteiger partial charge in [0, 0.05) is 37.8 Å². The summed E-state index contributed by atoms with van der Waals surface area (Å²) in [5.74, 6) is -0.132. The van der Waals surface area contributed by atoms with E-state index in [4.69, 9.17) is 0 Å². The van der Waals surface area contributed by atoms with Crippen molar-refractivity contribution in [2.75, 3.05) is 45.2 Å². The molecular formula is C19H28N4O3. The Labute approximate surface area is 154 Å². The lowest BCUT2D eigenvalue weighted by molar-refractivity contribution is -0.384. The standard InChI is InChI=1S/C19H28N4O3/c1-20-12-8-16(9-13-20)21(2)19(24)15-6-7-17(18(14-15)23(25)26)22-10-4-3-5-11-22/h6-7,14,16H,3-5,8-13H2,1-2H3. The Hall–Kier alpha value is -2.15. The van der Waals surface area contributed by atoms with Crippen molar-refractivity contribution in [1.82, 2.24) is 9.80 Å². The number of benzene rings is 1. The fourth-order valence-corrected chi connectivity index (χ4v) is 3.96. The molecule has 0 spiro atoms. The van der Waals surface area contributed by atoms with Gasteiger partial charge in [-0.15, -0.1) is 0 Å². The van der Waals surface area contributed by atoms with E-state index in [-0.39, 0.29) is 22.6 Å². The van der Waals surface area contributed by atoms with Crippen molar-refractivity contribution >= 4 is 17.3 Å². The van der Waals surface area contributed by atoms with Gasteiger partial charge in [0.2, 0.25) is 0 Å². The van der Waals surface area contributed by atoms with Crippen LogP contribution in [0.5, 0.6) is 0 Å². The summed E-state index contributed by atoms with van der Waals surface area (Å²) in [6.45, 7) is 3.61. The zero-order valence-electron chi connectivity index (χ0n) is 15.7. The molecule has 1 aromatic rings. The van der Waals surface area contributed by atoms with Gasteiger partial charge in [-0.05, 0) is 64.4 Å². The Morgan fingerprint density at radius 2 is 1.81 bits per heavy atom. The van der Waals surface area contributed by atoms with Crippen LogP contribution in [-0.4, -0.2) is 66.9 Å². The van der Waals surface area contributed by atoms with Crippen molar-refractivity contribution in [2.24, 2.45) is 0 Å². The van der Waals surface area contributed by atoms with Gasteiger partial charge in [0.25, 0.3) is 11.6 Å². The molecule has 0 aromatic heterocycles. The van der Waals surface area contributed by atoms with Gasteiger partial charge in [0.15, 0.2) is 0 Å². The molecule has 2 aliphatic heterocycles. The maximum Gasteiger partial charge on any atom is 0.293 e. The zero-order valence-corrected chi connectivity index (χ0v) is 15.7. The van der Waals surface area contributed by atoms with E-state index in [0.29, 0.717) is 11.3 Å². The Morgan fingerprint density at radius 1 is 1.15 bits per heavy atom. The minimum Gasteiger partial charge on any atom is -0.366 e. The van der Waals surface area contributed by atoms with Crippen LogP contribution >= 0.6 is 0 Å². The van der Waals surface area contributed by atoms with E-state index in [9.17, 15) is 14.9 Å². The summed E-state index contributed by atoms with van der Waals surface area (Å²) in [7, 11) is 3.89. The Bertz CT molecular complexity index is 665. The first-order chi connectivity index (χ1) is 12.5. The van der Waals surface area contributed by atoms with Crippen molar-refractivity contribution in [3.8, 4) is 0 Å². The number of nitrogens with zero attached hydrogens (tertiary/aromatic N) is 4. The molecule has 7 heteroatoms. The smallest absolute Gasteiger partial charge is 0.293 e. The van der Waals surface area contributed by atoms with Crippen LogP contribution in [0, 0.1) is 10.1 Å². The number of piperidine rings is 2. The van der Waals surface area contributed by atoms with Crippen LogP contribution in [0.25, 0.3) is 0 Å². The van der Waals surface area contributed by atoms with E-state index in [1.807, 2.05) is 7.05 Å².